The number of rotatable bonds is 4. The molecule has 0 spiro atoms. The lowest BCUT2D eigenvalue weighted by Gasteiger charge is -2.20. The lowest BCUT2D eigenvalue weighted by atomic mass is 9.94. The molecule has 0 aliphatic heterocycles. The maximum atomic E-state index is 13.8. The van der Waals surface area contributed by atoms with Crippen LogP contribution in [0.2, 0.25) is 0 Å². The summed E-state index contributed by atoms with van der Waals surface area (Å²) in [6, 6.07) is 13.5. The highest BCUT2D eigenvalue weighted by Crippen LogP contribution is 2.23. The first kappa shape index (κ1) is 13.8. The summed E-state index contributed by atoms with van der Waals surface area (Å²) in [6.45, 7) is 4.18. The molecule has 0 aliphatic carbocycles. The summed E-state index contributed by atoms with van der Waals surface area (Å²) in [7, 11) is 1.92. The van der Waals surface area contributed by atoms with Gasteiger partial charge in [-0.1, -0.05) is 42.0 Å². The van der Waals surface area contributed by atoms with Crippen LogP contribution < -0.4 is 5.32 Å². The van der Waals surface area contributed by atoms with E-state index in [0.717, 1.165) is 5.56 Å². The van der Waals surface area contributed by atoms with Crippen molar-refractivity contribution in [3.05, 3.63) is 70.5 Å². The third-order valence-corrected chi connectivity index (χ3v) is 3.54. The number of nitrogens with one attached hydrogen (secondary N) is 1. The molecular weight excluding hydrogens is 237 g/mol. The van der Waals surface area contributed by atoms with Gasteiger partial charge in [-0.3, -0.25) is 0 Å². The van der Waals surface area contributed by atoms with Crippen molar-refractivity contribution < 1.29 is 4.39 Å². The summed E-state index contributed by atoms with van der Waals surface area (Å²) >= 11 is 0. The van der Waals surface area contributed by atoms with E-state index in [4.69, 9.17) is 0 Å². The molecule has 0 saturated heterocycles. The normalized spacial score (nSPS) is 12.4. The molecule has 2 rings (SSSR count). The van der Waals surface area contributed by atoms with Gasteiger partial charge in [-0.15, -0.1) is 0 Å². The zero-order chi connectivity index (χ0) is 13.8. The van der Waals surface area contributed by atoms with E-state index in [9.17, 15) is 4.39 Å². The molecule has 0 amide bonds. The van der Waals surface area contributed by atoms with Crippen molar-refractivity contribution in [2.45, 2.75) is 26.3 Å². The van der Waals surface area contributed by atoms with Gasteiger partial charge in [0.15, 0.2) is 0 Å². The van der Waals surface area contributed by atoms with Crippen molar-refractivity contribution in [1.29, 1.82) is 0 Å². The number of benzene rings is 2. The van der Waals surface area contributed by atoms with E-state index in [1.165, 1.54) is 22.8 Å². The molecule has 0 aliphatic rings. The van der Waals surface area contributed by atoms with E-state index in [2.05, 4.69) is 37.4 Å². The molecule has 1 nitrogen and oxygen atoms in total. The molecule has 0 heterocycles. The monoisotopic (exact) mass is 257 g/mol. The van der Waals surface area contributed by atoms with Crippen LogP contribution in [-0.2, 0) is 6.42 Å². The Kier molecular flexibility index (Phi) is 4.33. The number of halogens is 1. The Hall–Kier alpha value is -1.67. The lowest BCUT2D eigenvalue weighted by molar-refractivity contribution is 0.552. The van der Waals surface area contributed by atoms with Crippen LogP contribution in [0.3, 0.4) is 0 Å². The summed E-state index contributed by atoms with van der Waals surface area (Å²) in [6.07, 6.45) is 0.660. The maximum Gasteiger partial charge on any atom is 0.126 e. The zero-order valence-corrected chi connectivity index (χ0v) is 11.7. The Morgan fingerprint density at radius 2 is 1.84 bits per heavy atom. The van der Waals surface area contributed by atoms with E-state index >= 15 is 0 Å². The van der Waals surface area contributed by atoms with E-state index in [1.807, 2.05) is 19.2 Å². The summed E-state index contributed by atoms with van der Waals surface area (Å²) in [4.78, 5) is 0. The molecule has 1 N–H and O–H groups in total. The summed E-state index contributed by atoms with van der Waals surface area (Å²) < 4.78 is 13.8. The van der Waals surface area contributed by atoms with Crippen LogP contribution >= 0.6 is 0 Å². The van der Waals surface area contributed by atoms with Gasteiger partial charge >= 0.3 is 0 Å². The van der Waals surface area contributed by atoms with Crippen molar-refractivity contribution in [3.63, 3.8) is 0 Å². The van der Waals surface area contributed by atoms with Crippen LogP contribution in [0.4, 0.5) is 4.39 Å². The van der Waals surface area contributed by atoms with Gasteiger partial charge in [0.2, 0.25) is 0 Å². The summed E-state index contributed by atoms with van der Waals surface area (Å²) in [5.74, 6) is -0.131. The van der Waals surface area contributed by atoms with Crippen molar-refractivity contribution in [3.8, 4) is 0 Å². The first-order valence-electron chi connectivity index (χ1n) is 6.59. The minimum absolute atomic E-state index is 0.131. The highest BCUT2D eigenvalue weighted by Gasteiger charge is 2.14. The third-order valence-electron chi connectivity index (χ3n) is 3.54. The topological polar surface area (TPSA) is 12.0 Å². The third kappa shape index (κ3) is 3.21. The average Bonchev–Trinajstić information content (AvgIpc) is 2.41. The lowest BCUT2D eigenvalue weighted by Crippen LogP contribution is -2.20. The predicted molar refractivity (Wildman–Crippen MR) is 77.8 cm³/mol. The van der Waals surface area contributed by atoms with E-state index in [0.29, 0.717) is 6.42 Å². The first-order valence-corrected chi connectivity index (χ1v) is 6.59. The van der Waals surface area contributed by atoms with Crippen molar-refractivity contribution in [2.75, 3.05) is 7.05 Å². The van der Waals surface area contributed by atoms with Gasteiger partial charge in [0.05, 0.1) is 0 Å². The van der Waals surface area contributed by atoms with Gasteiger partial charge in [0.25, 0.3) is 0 Å². The highest BCUT2D eigenvalue weighted by atomic mass is 19.1. The first-order chi connectivity index (χ1) is 9.11. The molecule has 0 aromatic heterocycles. The largest absolute Gasteiger partial charge is 0.313 e. The molecule has 2 heteroatoms. The van der Waals surface area contributed by atoms with E-state index in [-0.39, 0.29) is 11.9 Å². The highest BCUT2D eigenvalue weighted by molar-refractivity contribution is 5.34. The standard InChI is InChI=1S/C17H20FN/c1-12-8-9-13(2)15(10-12)17(19-3)11-14-6-4-5-7-16(14)18/h4-10,17,19H,11H2,1-3H3. The second kappa shape index (κ2) is 5.98. The smallest absolute Gasteiger partial charge is 0.126 e. The van der Waals surface area contributed by atoms with Crippen LogP contribution in [0.25, 0.3) is 0 Å². The Labute approximate surface area is 114 Å². The summed E-state index contributed by atoms with van der Waals surface area (Å²) in [5.41, 5.74) is 4.46. The Bertz CT molecular complexity index is 563. The van der Waals surface area contributed by atoms with Gasteiger partial charge in [-0.2, -0.15) is 0 Å². The fourth-order valence-electron chi connectivity index (χ4n) is 2.39. The van der Waals surface area contributed by atoms with Crippen LogP contribution in [0.1, 0.15) is 28.3 Å². The number of hydrogen-bond donors (Lipinski definition) is 1. The minimum atomic E-state index is -0.131. The fourth-order valence-corrected chi connectivity index (χ4v) is 2.39. The molecule has 1 unspecified atom stereocenters. The van der Waals surface area contributed by atoms with Crippen LogP contribution in [0, 0.1) is 19.7 Å². The summed E-state index contributed by atoms with van der Waals surface area (Å²) in [5, 5.41) is 3.30. The number of likely N-dealkylation sites (N-methyl/N-ethyl adjacent to an activating group) is 1. The van der Waals surface area contributed by atoms with Gasteiger partial charge in [0.1, 0.15) is 5.82 Å². The second-order valence-corrected chi connectivity index (χ2v) is 5.00. The zero-order valence-electron chi connectivity index (χ0n) is 11.7. The van der Waals surface area contributed by atoms with Gasteiger partial charge in [0, 0.05) is 6.04 Å². The number of aryl methyl sites for hydroxylation is 2. The molecule has 2 aromatic carbocycles. The van der Waals surface area contributed by atoms with Gasteiger partial charge in [-0.25, -0.2) is 4.39 Å². The van der Waals surface area contributed by atoms with Crippen LogP contribution in [0.15, 0.2) is 42.5 Å². The predicted octanol–water partition coefficient (Wildman–Crippen LogP) is 3.95. The molecule has 2 aromatic rings. The quantitative estimate of drug-likeness (QED) is 0.874. The van der Waals surface area contributed by atoms with Crippen molar-refractivity contribution in [1.82, 2.24) is 5.32 Å². The van der Waals surface area contributed by atoms with E-state index in [1.54, 1.807) is 6.07 Å². The fraction of sp³-hybridized carbons (Fsp3) is 0.294. The molecule has 0 saturated carbocycles. The van der Waals surface area contributed by atoms with Crippen LogP contribution in [0.5, 0.6) is 0 Å². The minimum Gasteiger partial charge on any atom is -0.313 e. The molecule has 19 heavy (non-hydrogen) atoms. The Morgan fingerprint density at radius 3 is 2.53 bits per heavy atom. The SMILES string of the molecule is CNC(Cc1ccccc1F)c1cc(C)ccc1C. The molecular formula is C17H20FN. The van der Waals surface area contributed by atoms with Gasteiger partial charge in [-0.05, 0) is 50.1 Å². The van der Waals surface area contributed by atoms with Crippen molar-refractivity contribution >= 4 is 0 Å². The maximum absolute atomic E-state index is 13.8. The Balaban J connectivity index is 2.30. The molecule has 0 fully saturated rings. The Morgan fingerprint density at radius 1 is 1.11 bits per heavy atom. The second-order valence-electron chi connectivity index (χ2n) is 5.00. The van der Waals surface area contributed by atoms with Gasteiger partial charge < -0.3 is 5.32 Å². The van der Waals surface area contributed by atoms with Crippen LogP contribution in [-0.4, -0.2) is 7.05 Å². The molecule has 0 radical (unpaired) electrons. The molecule has 0 bridgehead atoms. The molecule has 1 atom stereocenters. The number of hydrogen-bond acceptors (Lipinski definition) is 1. The molecule has 100 valence electrons. The van der Waals surface area contributed by atoms with Crippen molar-refractivity contribution in [2.24, 2.45) is 0 Å². The average molecular weight is 257 g/mol. The van der Waals surface area contributed by atoms with E-state index < -0.39 is 0 Å².